The summed E-state index contributed by atoms with van der Waals surface area (Å²) in [5, 5.41) is 16.4. The maximum absolute atomic E-state index is 8.85. The number of rotatable bonds is 8. The molecule has 29 heavy (non-hydrogen) atoms. The van der Waals surface area contributed by atoms with Crippen LogP contribution in [0.1, 0.15) is 16.9 Å². The molecule has 0 radical (unpaired) electrons. The number of methoxy groups -OCH3 is 1. The third kappa shape index (κ3) is 4.70. The van der Waals surface area contributed by atoms with E-state index in [1.54, 1.807) is 7.11 Å². The van der Waals surface area contributed by atoms with Crippen molar-refractivity contribution in [2.45, 2.75) is 19.5 Å². The number of hydrogen-bond donors (Lipinski definition) is 2. The van der Waals surface area contributed by atoms with Crippen LogP contribution in [0.15, 0.2) is 53.1 Å². The van der Waals surface area contributed by atoms with Crippen molar-refractivity contribution >= 4 is 11.5 Å². The molecule has 0 unspecified atom stereocenters. The van der Waals surface area contributed by atoms with Gasteiger partial charge in [-0.15, -0.1) is 0 Å². The van der Waals surface area contributed by atoms with Crippen molar-refractivity contribution in [1.82, 2.24) is 10.1 Å². The van der Waals surface area contributed by atoms with E-state index in [1.165, 1.54) is 5.56 Å². The number of aliphatic hydroxyl groups excluding tert-OH is 1. The van der Waals surface area contributed by atoms with Gasteiger partial charge in [-0.05, 0) is 29.8 Å². The highest BCUT2D eigenvalue weighted by Crippen LogP contribution is 2.30. The van der Waals surface area contributed by atoms with E-state index in [-0.39, 0.29) is 6.61 Å². The van der Waals surface area contributed by atoms with E-state index >= 15 is 0 Å². The Morgan fingerprint density at radius 1 is 1.17 bits per heavy atom. The molecule has 0 aliphatic carbocycles. The number of hydrogen-bond acceptors (Lipinski definition) is 7. The first kappa shape index (κ1) is 19.3. The van der Waals surface area contributed by atoms with Crippen molar-refractivity contribution < 1.29 is 19.1 Å². The van der Waals surface area contributed by atoms with Gasteiger partial charge in [-0.3, -0.25) is 4.90 Å². The van der Waals surface area contributed by atoms with Crippen molar-refractivity contribution in [2.24, 2.45) is 0 Å². The summed E-state index contributed by atoms with van der Waals surface area (Å²) in [4.78, 5) is 2.37. The van der Waals surface area contributed by atoms with Crippen LogP contribution < -0.4 is 14.8 Å². The van der Waals surface area contributed by atoms with Crippen LogP contribution >= 0.6 is 0 Å². The molecular weight excluding hydrogens is 370 g/mol. The lowest BCUT2D eigenvalue weighted by atomic mass is 10.1. The van der Waals surface area contributed by atoms with Gasteiger partial charge in [0.2, 0.25) is 0 Å². The second-order valence-corrected chi connectivity index (χ2v) is 6.97. The Morgan fingerprint density at radius 3 is 2.83 bits per heavy atom. The summed E-state index contributed by atoms with van der Waals surface area (Å²) in [5.74, 6) is 3.26. The number of nitrogens with zero attached hydrogens (tertiary/aromatic N) is 2. The molecule has 2 heterocycles. The van der Waals surface area contributed by atoms with E-state index in [9.17, 15) is 0 Å². The van der Waals surface area contributed by atoms with Gasteiger partial charge in [0.15, 0.2) is 5.82 Å². The van der Waals surface area contributed by atoms with E-state index in [0.717, 1.165) is 60.4 Å². The van der Waals surface area contributed by atoms with Gasteiger partial charge in [0.05, 0.1) is 19.3 Å². The molecule has 0 atom stereocenters. The molecule has 7 heteroatoms. The molecule has 0 spiro atoms. The Morgan fingerprint density at radius 2 is 2.03 bits per heavy atom. The molecule has 0 amide bonds. The van der Waals surface area contributed by atoms with Crippen molar-refractivity contribution in [3.63, 3.8) is 0 Å². The predicted octanol–water partition coefficient (Wildman–Crippen LogP) is 3.36. The molecule has 1 aliphatic heterocycles. The number of fused-ring (bicyclic) bond motifs is 1. The minimum atomic E-state index is 0.0166. The second-order valence-electron chi connectivity index (χ2n) is 6.97. The predicted molar refractivity (Wildman–Crippen MR) is 110 cm³/mol. The molecule has 0 saturated carbocycles. The highest BCUT2D eigenvalue weighted by atomic mass is 16.5. The Kier molecular flexibility index (Phi) is 5.97. The van der Waals surface area contributed by atoms with Gasteiger partial charge >= 0.3 is 0 Å². The maximum atomic E-state index is 8.85. The largest absolute Gasteiger partial charge is 0.497 e. The zero-order valence-electron chi connectivity index (χ0n) is 16.4. The van der Waals surface area contributed by atoms with Crippen molar-refractivity contribution in [2.75, 3.05) is 32.2 Å². The fourth-order valence-electron chi connectivity index (χ4n) is 3.45. The Labute approximate surface area is 169 Å². The quantitative estimate of drug-likeness (QED) is 0.605. The summed E-state index contributed by atoms with van der Waals surface area (Å²) in [7, 11) is 1.65. The smallest absolute Gasteiger partial charge is 0.178 e. The van der Waals surface area contributed by atoms with Crippen LogP contribution in [-0.4, -0.2) is 42.0 Å². The first-order valence-corrected chi connectivity index (χ1v) is 9.68. The molecule has 3 aromatic rings. The van der Waals surface area contributed by atoms with Gasteiger partial charge < -0.3 is 24.4 Å². The highest BCUT2D eigenvalue weighted by Gasteiger charge is 2.24. The maximum Gasteiger partial charge on any atom is 0.178 e. The fourth-order valence-corrected chi connectivity index (χ4v) is 3.45. The molecule has 1 aliphatic rings. The van der Waals surface area contributed by atoms with E-state index < -0.39 is 0 Å². The molecule has 2 aromatic carbocycles. The topological polar surface area (TPSA) is 80.0 Å². The molecule has 0 bridgehead atoms. The number of benzene rings is 2. The number of aromatic nitrogens is 1. The third-order valence-corrected chi connectivity index (χ3v) is 4.93. The number of nitrogens with one attached hydrogen (secondary N) is 1. The zero-order valence-corrected chi connectivity index (χ0v) is 16.4. The average Bonchev–Trinajstić information content (AvgIpc) is 3.15. The van der Waals surface area contributed by atoms with Gasteiger partial charge in [-0.2, -0.15) is 0 Å². The molecular formula is C22H25N3O4. The first-order chi connectivity index (χ1) is 14.2. The summed E-state index contributed by atoms with van der Waals surface area (Å²) in [6, 6.07) is 15.8. The monoisotopic (exact) mass is 395 g/mol. The summed E-state index contributed by atoms with van der Waals surface area (Å²) in [5.41, 5.74) is 3.22. The van der Waals surface area contributed by atoms with E-state index in [2.05, 4.69) is 27.5 Å². The fraction of sp³-hybridized carbons (Fsp3) is 0.318. The van der Waals surface area contributed by atoms with Gasteiger partial charge in [-0.1, -0.05) is 23.4 Å². The Bertz CT molecular complexity index is 939. The number of ether oxygens (including phenoxy) is 2. The lowest BCUT2D eigenvalue weighted by Gasteiger charge is -2.26. The highest BCUT2D eigenvalue weighted by molar-refractivity contribution is 5.61. The summed E-state index contributed by atoms with van der Waals surface area (Å²) < 4.78 is 16.3. The van der Waals surface area contributed by atoms with Crippen molar-refractivity contribution in [1.29, 1.82) is 0 Å². The molecule has 7 nitrogen and oxygen atoms in total. The van der Waals surface area contributed by atoms with Crippen molar-refractivity contribution in [3.8, 4) is 11.5 Å². The van der Waals surface area contributed by atoms with E-state index in [4.69, 9.17) is 19.1 Å². The first-order valence-electron chi connectivity index (χ1n) is 9.68. The van der Waals surface area contributed by atoms with Gasteiger partial charge in [0.25, 0.3) is 0 Å². The second kappa shape index (κ2) is 8.98. The van der Waals surface area contributed by atoms with Gasteiger partial charge in [-0.25, -0.2) is 0 Å². The summed E-state index contributed by atoms with van der Waals surface area (Å²) in [6.07, 6.45) is 0.833. The van der Waals surface area contributed by atoms with Crippen LogP contribution in [0, 0.1) is 0 Å². The summed E-state index contributed by atoms with van der Waals surface area (Å²) in [6.45, 7) is 2.86. The Hall–Kier alpha value is -3.03. The number of aliphatic hydroxyl groups is 1. The van der Waals surface area contributed by atoms with Crippen molar-refractivity contribution in [3.05, 3.63) is 65.4 Å². The number of anilines is 2. The molecule has 0 fully saturated rings. The molecule has 152 valence electrons. The standard InChI is InChI=1S/C22H25N3O4/c1-27-19-4-2-3-17(13-19)23-22-20-15-25(10-9-21(20)29-24-22)14-16-5-7-18(8-6-16)28-12-11-26/h2-8,13,26H,9-12,14-15H2,1H3,(H,23,24). The minimum Gasteiger partial charge on any atom is -0.497 e. The molecule has 2 N–H and O–H groups in total. The van der Waals surface area contributed by atoms with Crippen LogP contribution in [0.2, 0.25) is 0 Å². The van der Waals surface area contributed by atoms with Crippen LogP contribution in [0.4, 0.5) is 11.5 Å². The third-order valence-electron chi connectivity index (χ3n) is 4.93. The zero-order chi connectivity index (χ0) is 20.1. The van der Waals surface area contributed by atoms with E-state index in [1.807, 2.05) is 36.4 Å². The van der Waals surface area contributed by atoms with E-state index in [0.29, 0.717) is 6.61 Å². The molecule has 1 aromatic heterocycles. The van der Waals surface area contributed by atoms with Crippen LogP contribution in [0.5, 0.6) is 11.5 Å². The molecule has 4 rings (SSSR count). The summed E-state index contributed by atoms with van der Waals surface area (Å²) >= 11 is 0. The average molecular weight is 395 g/mol. The van der Waals surface area contributed by atoms with Crippen LogP contribution in [0.25, 0.3) is 0 Å². The Balaban J connectivity index is 1.42. The van der Waals surface area contributed by atoms with Crippen LogP contribution in [-0.2, 0) is 19.5 Å². The normalized spacial score (nSPS) is 13.7. The van der Waals surface area contributed by atoms with Crippen LogP contribution in [0.3, 0.4) is 0 Å². The van der Waals surface area contributed by atoms with Gasteiger partial charge in [0, 0.05) is 37.8 Å². The SMILES string of the molecule is COc1cccc(Nc2noc3c2CN(Cc2ccc(OCCO)cc2)CC3)c1. The lowest BCUT2D eigenvalue weighted by molar-refractivity contribution is 0.201. The molecule has 0 saturated heterocycles. The lowest BCUT2D eigenvalue weighted by Crippen LogP contribution is -2.29. The van der Waals surface area contributed by atoms with Gasteiger partial charge in [0.1, 0.15) is 23.9 Å². The minimum absolute atomic E-state index is 0.0166.